The number of carbonyl (C=O) groups excluding carboxylic acids is 2. The fraction of sp³-hybridized carbons (Fsp3) is 0.526. The number of rotatable bonds is 5. The van der Waals surface area contributed by atoms with Gasteiger partial charge in [-0.2, -0.15) is 0 Å². The van der Waals surface area contributed by atoms with Crippen molar-refractivity contribution in [3.05, 3.63) is 35.4 Å². The third-order valence-corrected chi connectivity index (χ3v) is 4.02. The number of nitrogens with two attached hydrogens (primary N) is 1. The van der Waals surface area contributed by atoms with Crippen molar-refractivity contribution in [1.29, 1.82) is 5.41 Å². The maximum absolute atomic E-state index is 12.9. The summed E-state index contributed by atoms with van der Waals surface area (Å²) in [7, 11) is 0. The van der Waals surface area contributed by atoms with Gasteiger partial charge in [0, 0.05) is 25.1 Å². The van der Waals surface area contributed by atoms with Gasteiger partial charge in [0.2, 0.25) is 5.91 Å². The lowest BCUT2D eigenvalue weighted by Crippen LogP contribution is -2.53. The fourth-order valence-corrected chi connectivity index (χ4v) is 2.71. The Morgan fingerprint density at radius 2 is 1.82 bits per heavy atom. The predicted molar refractivity (Wildman–Crippen MR) is 117 cm³/mol. The first-order valence-corrected chi connectivity index (χ1v) is 8.95. The molecular formula is C19H29IN4O4. The van der Waals surface area contributed by atoms with E-state index in [1.807, 2.05) is 0 Å². The normalized spacial score (nSPS) is 15.2. The van der Waals surface area contributed by atoms with Crippen molar-refractivity contribution in [3.63, 3.8) is 0 Å². The van der Waals surface area contributed by atoms with Gasteiger partial charge in [0.1, 0.15) is 17.5 Å². The Kier molecular flexibility index (Phi) is 9.15. The van der Waals surface area contributed by atoms with Crippen molar-refractivity contribution < 1.29 is 19.1 Å². The SMILES string of the molecule is CC(C)(C)OC(=O)N[C@@H](Cc1ccc(C(=N)N)cc1)C(=O)N1CCOCC1.I. The van der Waals surface area contributed by atoms with Crippen LogP contribution < -0.4 is 11.1 Å². The molecule has 2 rings (SSSR count). The van der Waals surface area contributed by atoms with Crippen molar-refractivity contribution in [2.45, 2.75) is 38.8 Å². The van der Waals surface area contributed by atoms with Crippen LogP contribution in [0.1, 0.15) is 31.9 Å². The number of nitrogens with one attached hydrogen (secondary N) is 2. The molecule has 0 aliphatic carbocycles. The van der Waals surface area contributed by atoms with Gasteiger partial charge in [-0.1, -0.05) is 24.3 Å². The van der Waals surface area contributed by atoms with Crippen LogP contribution >= 0.6 is 24.0 Å². The zero-order valence-electron chi connectivity index (χ0n) is 16.5. The van der Waals surface area contributed by atoms with Gasteiger partial charge in [0.05, 0.1) is 13.2 Å². The second-order valence-corrected chi connectivity index (χ2v) is 7.45. The van der Waals surface area contributed by atoms with Gasteiger partial charge in [-0.15, -0.1) is 24.0 Å². The number of ether oxygens (including phenoxy) is 2. The summed E-state index contributed by atoms with van der Waals surface area (Å²) >= 11 is 0. The van der Waals surface area contributed by atoms with Gasteiger partial charge in [-0.25, -0.2) is 4.79 Å². The zero-order chi connectivity index (χ0) is 20.0. The van der Waals surface area contributed by atoms with Crippen LogP contribution in [0.25, 0.3) is 0 Å². The maximum Gasteiger partial charge on any atom is 0.408 e. The number of benzene rings is 1. The van der Waals surface area contributed by atoms with Crippen molar-refractivity contribution in [2.24, 2.45) is 5.73 Å². The van der Waals surface area contributed by atoms with Crippen molar-refractivity contribution in [2.75, 3.05) is 26.3 Å². The van der Waals surface area contributed by atoms with E-state index in [4.69, 9.17) is 20.6 Å². The highest BCUT2D eigenvalue weighted by Crippen LogP contribution is 2.12. The third-order valence-electron chi connectivity index (χ3n) is 4.02. The molecule has 1 aromatic carbocycles. The molecule has 0 unspecified atom stereocenters. The maximum atomic E-state index is 12.9. The highest BCUT2D eigenvalue weighted by atomic mass is 127. The first-order valence-electron chi connectivity index (χ1n) is 8.95. The lowest BCUT2D eigenvalue weighted by Gasteiger charge is -2.31. The zero-order valence-corrected chi connectivity index (χ0v) is 18.8. The first-order chi connectivity index (χ1) is 12.7. The van der Waals surface area contributed by atoms with Crippen LogP contribution in [-0.2, 0) is 20.7 Å². The molecule has 4 N–H and O–H groups in total. The Hall–Kier alpha value is -1.88. The summed E-state index contributed by atoms with van der Waals surface area (Å²) < 4.78 is 10.6. The molecule has 1 fully saturated rings. The van der Waals surface area contributed by atoms with Gasteiger partial charge in [-0.3, -0.25) is 10.2 Å². The molecule has 1 aliphatic heterocycles. The molecule has 28 heavy (non-hydrogen) atoms. The molecule has 0 aromatic heterocycles. The molecule has 1 heterocycles. The molecule has 156 valence electrons. The summed E-state index contributed by atoms with van der Waals surface area (Å²) in [6, 6.07) is 6.30. The van der Waals surface area contributed by atoms with E-state index in [1.165, 1.54) is 0 Å². The lowest BCUT2D eigenvalue weighted by molar-refractivity contribution is -0.137. The van der Waals surface area contributed by atoms with Crippen LogP contribution in [0.2, 0.25) is 0 Å². The number of alkyl carbamates (subject to hydrolysis) is 1. The molecule has 1 aromatic rings. The van der Waals surface area contributed by atoms with Crippen LogP contribution in [0.15, 0.2) is 24.3 Å². The summed E-state index contributed by atoms with van der Waals surface area (Å²) in [4.78, 5) is 26.8. The lowest BCUT2D eigenvalue weighted by atomic mass is 10.0. The van der Waals surface area contributed by atoms with E-state index in [0.29, 0.717) is 38.3 Å². The van der Waals surface area contributed by atoms with Crippen molar-refractivity contribution in [1.82, 2.24) is 10.2 Å². The van der Waals surface area contributed by atoms with Crippen molar-refractivity contribution in [3.8, 4) is 0 Å². The van der Waals surface area contributed by atoms with Gasteiger partial charge in [-0.05, 0) is 26.3 Å². The van der Waals surface area contributed by atoms with Crippen LogP contribution in [0.5, 0.6) is 0 Å². The van der Waals surface area contributed by atoms with E-state index < -0.39 is 17.7 Å². The Labute approximate surface area is 182 Å². The summed E-state index contributed by atoms with van der Waals surface area (Å²) in [6.07, 6.45) is -0.317. The third kappa shape index (κ3) is 7.63. The topological polar surface area (TPSA) is 118 Å². The fourth-order valence-electron chi connectivity index (χ4n) is 2.71. The minimum absolute atomic E-state index is 0. The second-order valence-electron chi connectivity index (χ2n) is 7.45. The number of amidine groups is 1. The molecule has 9 heteroatoms. The molecule has 1 atom stereocenters. The minimum Gasteiger partial charge on any atom is -0.444 e. The summed E-state index contributed by atoms with van der Waals surface area (Å²) in [5.41, 5.74) is 6.28. The predicted octanol–water partition coefficient (Wildman–Crippen LogP) is 1.88. The Morgan fingerprint density at radius 3 is 2.32 bits per heavy atom. The average Bonchev–Trinajstić information content (AvgIpc) is 2.60. The number of carbonyl (C=O) groups is 2. The standard InChI is InChI=1S/C19H28N4O4.HI/c1-19(2,3)27-18(25)22-15(17(24)23-8-10-26-11-9-23)12-13-4-6-14(7-5-13)16(20)21;/h4-7,15H,8-12H2,1-3H3,(H3,20,21)(H,22,25);1H/t15-;/m0./s1. The monoisotopic (exact) mass is 504 g/mol. The molecule has 0 radical (unpaired) electrons. The average molecular weight is 504 g/mol. The van der Waals surface area contributed by atoms with E-state index >= 15 is 0 Å². The Bertz CT molecular complexity index is 682. The van der Waals surface area contributed by atoms with E-state index in [0.717, 1.165) is 5.56 Å². The molecule has 8 nitrogen and oxygen atoms in total. The van der Waals surface area contributed by atoms with Crippen LogP contribution in [-0.4, -0.2) is 60.7 Å². The number of nitrogen functional groups attached to an aromatic ring is 1. The largest absolute Gasteiger partial charge is 0.444 e. The first kappa shape index (κ1) is 24.2. The van der Waals surface area contributed by atoms with Crippen LogP contribution in [0, 0.1) is 5.41 Å². The minimum atomic E-state index is -0.749. The van der Waals surface area contributed by atoms with E-state index in [2.05, 4.69) is 5.32 Å². The molecule has 0 spiro atoms. The van der Waals surface area contributed by atoms with Gasteiger partial charge in [0.15, 0.2) is 0 Å². The Morgan fingerprint density at radius 1 is 1.25 bits per heavy atom. The van der Waals surface area contributed by atoms with E-state index in [1.54, 1.807) is 49.9 Å². The second kappa shape index (κ2) is 10.6. The van der Waals surface area contributed by atoms with Crippen molar-refractivity contribution >= 4 is 41.8 Å². The van der Waals surface area contributed by atoms with Gasteiger partial charge >= 0.3 is 6.09 Å². The van der Waals surface area contributed by atoms with Crippen LogP contribution in [0.3, 0.4) is 0 Å². The number of halogens is 1. The Balaban J connectivity index is 0.00000392. The van der Waals surface area contributed by atoms with E-state index in [-0.39, 0.29) is 35.7 Å². The van der Waals surface area contributed by atoms with E-state index in [9.17, 15) is 9.59 Å². The summed E-state index contributed by atoms with van der Waals surface area (Å²) in [5.74, 6) is -0.186. The number of amides is 2. The molecule has 2 amide bonds. The number of nitrogens with zero attached hydrogens (tertiary/aromatic N) is 1. The number of hydrogen-bond donors (Lipinski definition) is 3. The molecular weight excluding hydrogens is 475 g/mol. The number of hydrogen-bond acceptors (Lipinski definition) is 5. The smallest absolute Gasteiger partial charge is 0.408 e. The van der Waals surface area contributed by atoms with Gasteiger partial charge in [0.25, 0.3) is 0 Å². The summed E-state index contributed by atoms with van der Waals surface area (Å²) in [5, 5.41) is 10.2. The molecule has 0 saturated carbocycles. The molecule has 1 aliphatic rings. The molecule has 0 bridgehead atoms. The quantitative estimate of drug-likeness (QED) is 0.322. The number of morpholine rings is 1. The highest BCUT2D eigenvalue weighted by molar-refractivity contribution is 14.0. The summed E-state index contributed by atoms with van der Waals surface area (Å²) in [6.45, 7) is 7.27. The molecule has 1 saturated heterocycles. The van der Waals surface area contributed by atoms with Crippen LogP contribution in [0.4, 0.5) is 4.79 Å². The van der Waals surface area contributed by atoms with Gasteiger partial charge < -0.3 is 25.4 Å². The highest BCUT2D eigenvalue weighted by Gasteiger charge is 2.29.